The molecule has 0 atom stereocenters. The van der Waals surface area contributed by atoms with Gasteiger partial charge >= 0.3 is 5.97 Å². The molecule has 2 aromatic rings. The zero-order valence-corrected chi connectivity index (χ0v) is 9.36. The van der Waals surface area contributed by atoms with Crippen LogP contribution >= 0.6 is 0 Å². The van der Waals surface area contributed by atoms with Crippen molar-refractivity contribution in [3.63, 3.8) is 0 Å². The molecule has 88 valence electrons. The van der Waals surface area contributed by atoms with Crippen molar-refractivity contribution in [1.29, 1.82) is 0 Å². The normalized spacial score (nSPS) is 10.3. The Hall–Kier alpha value is -2.17. The highest BCUT2D eigenvalue weighted by Crippen LogP contribution is 2.25. The highest BCUT2D eigenvalue weighted by molar-refractivity contribution is 5.95. The molecule has 0 amide bonds. The number of carbonyl (C=O) groups is 1. The predicted molar refractivity (Wildman–Crippen MR) is 59.6 cm³/mol. The van der Waals surface area contributed by atoms with Gasteiger partial charge < -0.3 is 9.47 Å². The number of methoxy groups -OCH3 is 2. The Labute approximate surface area is 97.0 Å². The summed E-state index contributed by atoms with van der Waals surface area (Å²) in [7, 11) is 2.69. The van der Waals surface area contributed by atoms with Crippen LogP contribution in [0, 0.1) is 5.82 Å². The van der Waals surface area contributed by atoms with Crippen LogP contribution in [0.3, 0.4) is 0 Å². The average Bonchev–Trinajstić information content (AvgIpc) is 2.35. The first kappa shape index (κ1) is 11.3. The summed E-state index contributed by atoms with van der Waals surface area (Å²) in [6, 6.07) is 5.64. The molecule has 0 unspecified atom stereocenters. The van der Waals surface area contributed by atoms with E-state index < -0.39 is 5.97 Å². The summed E-state index contributed by atoms with van der Waals surface area (Å²) >= 11 is 0. The lowest BCUT2D eigenvalue weighted by Crippen LogP contribution is -2.05. The zero-order valence-electron chi connectivity index (χ0n) is 9.36. The number of aromatic nitrogens is 1. The Morgan fingerprint density at radius 1 is 1.29 bits per heavy atom. The number of fused-ring (bicyclic) bond motifs is 1. The van der Waals surface area contributed by atoms with Gasteiger partial charge in [0.15, 0.2) is 5.69 Å². The van der Waals surface area contributed by atoms with Crippen LogP contribution in [0.4, 0.5) is 4.39 Å². The molecular weight excluding hydrogens is 225 g/mol. The van der Waals surface area contributed by atoms with E-state index in [9.17, 15) is 9.18 Å². The van der Waals surface area contributed by atoms with Crippen molar-refractivity contribution in [2.45, 2.75) is 0 Å². The van der Waals surface area contributed by atoms with Crippen LogP contribution < -0.4 is 4.74 Å². The van der Waals surface area contributed by atoms with Gasteiger partial charge in [-0.3, -0.25) is 0 Å². The monoisotopic (exact) mass is 235 g/mol. The minimum atomic E-state index is -0.588. The summed E-state index contributed by atoms with van der Waals surface area (Å²) in [5.41, 5.74) is 0.0856. The van der Waals surface area contributed by atoms with E-state index in [0.29, 0.717) is 10.8 Å². The van der Waals surface area contributed by atoms with Crippen LogP contribution in [-0.4, -0.2) is 25.2 Å². The largest absolute Gasteiger partial charge is 0.481 e. The molecule has 0 saturated heterocycles. The number of hydrogen-bond acceptors (Lipinski definition) is 4. The SMILES string of the molecule is COC(=O)c1cc2cc(F)ccc2c(OC)n1. The standard InChI is InChI=1S/C12H10FNO3/c1-16-11-9-4-3-8(13)5-7(9)6-10(14-11)12(15)17-2/h3-6H,1-2H3. The maximum Gasteiger partial charge on any atom is 0.356 e. The molecule has 0 bridgehead atoms. The van der Waals surface area contributed by atoms with E-state index in [1.807, 2.05) is 0 Å². The molecule has 4 nitrogen and oxygen atoms in total. The number of hydrogen-bond donors (Lipinski definition) is 0. The van der Waals surface area contributed by atoms with Gasteiger partial charge in [0, 0.05) is 5.39 Å². The third kappa shape index (κ3) is 2.04. The third-order valence-electron chi connectivity index (χ3n) is 2.35. The van der Waals surface area contributed by atoms with Gasteiger partial charge in [0.2, 0.25) is 5.88 Å². The Morgan fingerprint density at radius 2 is 2.06 bits per heavy atom. The minimum absolute atomic E-state index is 0.0856. The Bertz CT molecular complexity index is 583. The highest BCUT2D eigenvalue weighted by atomic mass is 19.1. The second-order valence-corrected chi connectivity index (χ2v) is 3.37. The van der Waals surface area contributed by atoms with Gasteiger partial charge in [-0.05, 0) is 29.7 Å². The molecule has 1 aromatic carbocycles. The molecule has 1 aromatic heterocycles. The molecule has 0 aliphatic heterocycles. The fraction of sp³-hybridized carbons (Fsp3) is 0.167. The van der Waals surface area contributed by atoms with Crippen LogP contribution in [0.5, 0.6) is 5.88 Å². The molecule has 0 saturated carbocycles. The Morgan fingerprint density at radius 3 is 2.71 bits per heavy atom. The fourth-order valence-corrected chi connectivity index (χ4v) is 1.56. The number of ether oxygens (including phenoxy) is 2. The van der Waals surface area contributed by atoms with Gasteiger partial charge in [-0.1, -0.05) is 0 Å². The van der Waals surface area contributed by atoms with Crippen molar-refractivity contribution in [1.82, 2.24) is 4.98 Å². The number of carbonyl (C=O) groups excluding carboxylic acids is 1. The quantitative estimate of drug-likeness (QED) is 0.748. The lowest BCUT2D eigenvalue weighted by atomic mass is 10.1. The highest BCUT2D eigenvalue weighted by Gasteiger charge is 2.13. The van der Waals surface area contributed by atoms with Crippen LogP contribution in [0.25, 0.3) is 10.8 Å². The van der Waals surface area contributed by atoms with Crippen LogP contribution in [0.1, 0.15) is 10.5 Å². The summed E-state index contributed by atoms with van der Waals surface area (Å²) in [6.07, 6.45) is 0. The number of benzene rings is 1. The molecule has 17 heavy (non-hydrogen) atoms. The van der Waals surface area contributed by atoms with Gasteiger partial charge in [-0.25, -0.2) is 14.2 Å². The smallest absolute Gasteiger partial charge is 0.356 e. The topological polar surface area (TPSA) is 48.4 Å². The molecule has 0 radical (unpaired) electrons. The fourth-order valence-electron chi connectivity index (χ4n) is 1.56. The Kier molecular flexibility index (Phi) is 2.91. The second kappa shape index (κ2) is 4.37. The molecule has 5 heteroatoms. The summed E-state index contributed by atoms with van der Waals surface area (Å²) in [4.78, 5) is 15.4. The molecule has 2 rings (SSSR count). The summed E-state index contributed by atoms with van der Waals surface area (Å²) in [5, 5.41) is 1.18. The van der Waals surface area contributed by atoms with E-state index in [1.54, 1.807) is 6.07 Å². The van der Waals surface area contributed by atoms with Gasteiger partial charge in [0.25, 0.3) is 0 Å². The van der Waals surface area contributed by atoms with Crippen LogP contribution in [-0.2, 0) is 4.74 Å². The molecular formula is C12H10FNO3. The second-order valence-electron chi connectivity index (χ2n) is 3.37. The number of pyridine rings is 1. The molecule has 1 heterocycles. The molecule has 0 spiro atoms. The van der Waals surface area contributed by atoms with E-state index in [1.165, 1.54) is 32.4 Å². The van der Waals surface area contributed by atoms with Crippen LogP contribution in [0.2, 0.25) is 0 Å². The maximum atomic E-state index is 13.1. The van der Waals surface area contributed by atoms with E-state index in [0.717, 1.165) is 0 Å². The zero-order chi connectivity index (χ0) is 12.4. The number of rotatable bonds is 2. The van der Waals surface area contributed by atoms with Crippen molar-refractivity contribution in [3.05, 3.63) is 35.8 Å². The first-order valence-electron chi connectivity index (χ1n) is 4.88. The molecule has 0 aliphatic rings. The summed E-state index contributed by atoms with van der Waals surface area (Å²) < 4.78 is 22.7. The van der Waals surface area contributed by atoms with Crippen molar-refractivity contribution >= 4 is 16.7 Å². The van der Waals surface area contributed by atoms with E-state index in [-0.39, 0.29) is 17.4 Å². The van der Waals surface area contributed by atoms with Crippen molar-refractivity contribution in [2.75, 3.05) is 14.2 Å². The van der Waals surface area contributed by atoms with E-state index >= 15 is 0 Å². The number of halogens is 1. The molecule has 0 aliphatic carbocycles. The molecule has 0 N–H and O–H groups in total. The third-order valence-corrected chi connectivity index (χ3v) is 2.35. The van der Waals surface area contributed by atoms with E-state index in [4.69, 9.17) is 4.74 Å². The predicted octanol–water partition coefficient (Wildman–Crippen LogP) is 2.17. The Balaban J connectivity index is 2.71. The van der Waals surface area contributed by atoms with Gasteiger partial charge in [-0.15, -0.1) is 0 Å². The maximum absolute atomic E-state index is 13.1. The summed E-state index contributed by atoms with van der Waals surface area (Å²) in [6.45, 7) is 0. The first-order chi connectivity index (χ1) is 8.15. The van der Waals surface area contributed by atoms with Crippen molar-refractivity contribution in [3.8, 4) is 5.88 Å². The van der Waals surface area contributed by atoms with Gasteiger partial charge in [-0.2, -0.15) is 0 Å². The minimum Gasteiger partial charge on any atom is -0.481 e. The summed E-state index contributed by atoms with van der Waals surface area (Å²) in [5.74, 6) is -0.709. The number of esters is 1. The van der Waals surface area contributed by atoms with E-state index in [2.05, 4.69) is 9.72 Å². The number of nitrogens with zero attached hydrogens (tertiary/aromatic N) is 1. The van der Waals surface area contributed by atoms with Crippen molar-refractivity contribution in [2.24, 2.45) is 0 Å². The van der Waals surface area contributed by atoms with Gasteiger partial charge in [0.05, 0.1) is 14.2 Å². The van der Waals surface area contributed by atoms with Crippen LogP contribution in [0.15, 0.2) is 24.3 Å². The molecule has 0 fully saturated rings. The van der Waals surface area contributed by atoms with Gasteiger partial charge in [0.1, 0.15) is 5.82 Å². The lowest BCUT2D eigenvalue weighted by Gasteiger charge is -2.07. The lowest BCUT2D eigenvalue weighted by molar-refractivity contribution is 0.0593. The first-order valence-corrected chi connectivity index (χ1v) is 4.88. The average molecular weight is 235 g/mol. The van der Waals surface area contributed by atoms with Crippen molar-refractivity contribution < 1.29 is 18.7 Å².